The van der Waals surface area contributed by atoms with Crippen LogP contribution in [0.1, 0.15) is 29.7 Å². The second-order valence-electron chi connectivity index (χ2n) is 5.10. The number of nitrogens with zero attached hydrogens (tertiary/aromatic N) is 1. The zero-order valence-electron chi connectivity index (χ0n) is 12.2. The molecule has 0 aromatic heterocycles. The fourth-order valence-electron chi connectivity index (χ4n) is 2.20. The third-order valence-corrected chi connectivity index (χ3v) is 3.55. The standard InChI is InChI=1S/C16H17FN2O2/c1-10-8-15(16(19(20)21)9-11(10)2)18-12(3)13-6-4-5-7-14(13)17/h4-9,12,18H,1-3H3. The van der Waals surface area contributed by atoms with E-state index < -0.39 is 4.92 Å². The van der Waals surface area contributed by atoms with E-state index in [0.717, 1.165) is 11.1 Å². The summed E-state index contributed by atoms with van der Waals surface area (Å²) in [5, 5.41) is 14.2. The van der Waals surface area contributed by atoms with Crippen LogP contribution in [0.3, 0.4) is 0 Å². The molecule has 21 heavy (non-hydrogen) atoms. The highest BCUT2D eigenvalue weighted by molar-refractivity contribution is 5.65. The molecule has 1 unspecified atom stereocenters. The van der Waals surface area contributed by atoms with E-state index in [0.29, 0.717) is 11.3 Å². The maximum atomic E-state index is 13.8. The summed E-state index contributed by atoms with van der Waals surface area (Å²) in [6.45, 7) is 5.49. The van der Waals surface area contributed by atoms with Gasteiger partial charge in [0.05, 0.1) is 11.0 Å². The molecule has 0 heterocycles. The van der Waals surface area contributed by atoms with Gasteiger partial charge in [-0.1, -0.05) is 18.2 Å². The third-order valence-electron chi connectivity index (χ3n) is 3.55. The van der Waals surface area contributed by atoms with Gasteiger partial charge in [-0.05, 0) is 44.0 Å². The average Bonchev–Trinajstić information content (AvgIpc) is 2.42. The van der Waals surface area contributed by atoms with Crippen LogP contribution in [0.2, 0.25) is 0 Å². The van der Waals surface area contributed by atoms with Crippen LogP contribution in [0.15, 0.2) is 36.4 Å². The van der Waals surface area contributed by atoms with Crippen molar-refractivity contribution in [2.24, 2.45) is 0 Å². The quantitative estimate of drug-likeness (QED) is 0.664. The summed E-state index contributed by atoms with van der Waals surface area (Å²) in [7, 11) is 0. The van der Waals surface area contributed by atoms with E-state index >= 15 is 0 Å². The Morgan fingerprint density at radius 2 is 1.81 bits per heavy atom. The number of hydrogen-bond donors (Lipinski definition) is 1. The molecule has 1 N–H and O–H groups in total. The molecule has 110 valence electrons. The summed E-state index contributed by atoms with van der Waals surface area (Å²) >= 11 is 0. The van der Waals surface area contributed by atoms with E-state index in [1.807, 2.05) is 13.8 Å². The van der Waals surface area contributed by atoms with Gasteiger partial charge in [0.2, 0.25) is 0 Å². The molecule has 0 saturated heterocycles. The van der Waals surface area contributed by atoms with Gasteiger partial charge >= 0.3 is 0 Å². The summed E-state index contributed by atoms with van der Waals surface area (Å²) in [6, 6.07) is 9.29. The lowest BCUT2D eigenvalue weighted by atomic mass is 10.0. The van der Waals surface area contributed by atoms with Crippen LogP contribution in [0.25, 0.3) is 0 Å². The highest BCUT2D eigenvalue weighted by Gasteiger charge is 2.18. The van der Waals surface area contributed by atoms with Gasteiger partial charge in [-0.2, -0.15) is 0 Å². The molecular formula is C16H17FN2O2. The normalized spacial score (nSPS) is 12.0. The van der Waals surface area contributed by atoms with Crippen molar-refractivity contribution in [2.75, 3.05) is 5.32 Å². The second kappa shape index (κ2) is 5.91. The van der Waals surface area contributed by atoms with Gasteiger partial charge in [0.15, 0.2) is 0 Å². The maximum Gasteiger partial charge on any atom is 0.292 e. The van der Waals surface area contributed by atoms with E-state index in [-0.39, 0.29) is 17.5 Å². The Morgan fingerprint density at radius 3 is 2.43 bits per heavy atom. The van der Waals surface area contributed by atoms with Crippen molar-refractivity contribution in [3.63, 3.8) is 0 Å². The van der Waals surface area contributed by atoms with Crippen molar-refractivity contribution in [1.82, 2.24) is 0 Å². The fraction of sp³-hybridized carbons (Fsp3) is 0.250. The van der Waals surface area contributed by atoms with Crippen LogP contribution in [0, 0.1) is 29.8 Å². The Bertz CT molecular complexity index is 686. The van der Waals surface area contributed by atoms with Crippen molar-refractivity contribution < 1.29 is 9.31 Å². The summed E-state index contributed by atoms with van der Waals surface area (Å²) < 4.78 is 13.8. The first-order chi connectivity index (χ1) is 9.90. The van der Waals surface area contributed by atoms with Gasteiger partial charge in [0, 0.05) is 11.6 Å². The van der Waals surface area contributed by atoms with Gasteiger partial charge in [-0.3, -0.25) is 10.1 Å². The van der Waals surface area contributed by atoms with E-state index in [2.05, 4.69) is 5.32 Å². The van der Waals surface area contributed by atoms with Crippen LogP contribution in [0.4, 0.5) is 15.8 Å². The number of hydrogen-bond acceptors (Lipinski definition) is 3. The van der Waals surface area contributed by atoms with Crippen LogP contribution in [-0.2, 0) is 0 Å². The molecule has 0 amide bonds. The molecule has 1 atom stereocenters. The van der Waals surface area contributed by atoms with Crippen molar-refractivity contribution >= 4 is 11.4 Å². The van der Waals surface area contributed by atoms with Crippen LogP contribution >= 0.6 is 0 Å². The molecule has 4 nitrogen and oxygen atoms in total. The number of halogens is 1. The summed E-state index contributed by atoms with van der Waals surface area (Å²) in [4.78, 5) is 10.7. The number of nitro benzene ring substituents is 1. The maximum absolute atomic E-state index is 13.8. The predicted octanol–water partition coefficient (Wildman–Crippen LogP) is 4.52. The Labute approximate surface area is 122 Å². The number of anilines is 1. The topological polar surface area (TPSA) is 55.2 Å². The minimum absolute atomic E-state index is 0.00119. The van der Waals surface area contributed by atoms with Crippen molar-refractivity contribution in [3.05, 3.63) is 69.0 Å². The van der Waals surface area contributed by atoms with E-state index in [1.54, 1.807) is 31.2 Å². The van der Waals surface area contributed by atoms with E-state index in [1.165, 1.54) is 12.1 Å². The molecule has 0 aliphatic heterocycles. The highest BCUT2D eigenvalue weighted by atomic mass is 19.1. The Hall–Kier alpha value is -2.43. The molecule has 0 saturated carbocycles. The molecule has 2 rings (SSSR count). The molecule has 2 aromatic rings. The highest BCUT2D eigenvalue weighted by Crippen LogP contribution is 2.31. The first-order valence-electron chi connectivity index (χ1n) is 6.66. The first kappa shape index (κ1) is 15.0. The van der Waals surface area contributed by atoms with Crippen LogP contribution < -0.4 is 5.32 Å². The molecule has 0 spiro atoms. The number of nitro groups is 1. The fourth-order valence-corrected chi connectivity index (χ4v) is 2.20. The zero-order valence-corrected chi connectivity index (χ0v) is 12.2. The largest absolute Gasteiger partial charge is 0.373 e. The van der Waals surface area contributed by atoms with Crippen LogP contribution in [-0.4, -0.2) is 4.92 Å². The van der Waals surface area contributed by atoms with Gasteiger partial charge in [0.25, 0.3) is 5.69 Å². The average molecular weight is 288 g/mol. The smallest absolute Gasteiger partial charge is 0.292 e. The monoisotopic (exact) mass is 288 g/mol. The molecular weight excluding hydrogens is 271 g/mol. The summed E-state index contributed by atoms with van der Waals surface area (Å²) in [6.07, 6.45) is 0. The second-order valence-corrected chi connectivity index (χ2v) is 5.10. The molecule has 0 fully saturated rings. The first-order valence-corrected chi connectivity index (χ1v) is 6.66. The minimum atomic E-state index is -0.428. The number of aryl methyl sites for hydroxylation is 2. The van der Waals surface area contributed by atoms with Crippen molar-refractivity contribution in [2.45, 2.75) is 26.8 Å². The molecule has 0 radical (unpaired) electrons. The summed E-state index contributed by atoms with van der Waals surface area (Å²) in [5.74, 6) is -0.330. The SMILES string of the molecule is Cc1cc(NC(C)c2ccccc2F)c([N+](=O)[O-])cc1C. The minimum Gasteiger partial charge on any atom is -0.373 e. The van der Waals surface area contributed by atoms with Crippen molar-refractivity contribution in [1.29, 1.82) is 0 Å². The van der Waals surface area contributed by atoms with Crippen LogP contribution in [0.5, 0.6) is 0 Å². The molecule has 0 bridgehead atoms. The number of rotatable bonds is 4. The van der Waals surface area contributed by atoms with E-state index in [4.69, 9.17) is 0 Å². The van der Waals surface area contributed by atoms with Gasteiger partial charge in [0.1, 0.15) is 11.5 Å². The van der Waals surface area contributed by atoms with Gasteiger partial charge < -0.3 is 5.32 Å². The Morgan fingerprint density at radius 1 is 1.19 bits per heavy atom. The molecule has 0 aliphatic rings. The lowest BCUT2D eigenvalue weighted by Gasteiger charge is -2.17. The Kier molecular flexibility index (Phi) is 4.21. The molecule has 5 heteroatoms. The summed E-state index contributed by atoms with van der Waals surface area (Å²) in [5.41, 5.74) is 2.68. The third kappa shape index (κ3) is 3.18. The molecule has 2 aromatic carbocycles. The molecule has 0 aliphatic carbocycles. The zero-order chi connectivity index (χ0) is 15.6. The van der Waals surface area contributed by atoms with Gasteiger partial charge in [-0.15, -0.1) is 0 Å². The number of nitrogens with one attached hydrogen (secondary N) is 1. The van der Waals surface area contributed by atoms with Crippen molar-refractivity contribution in [3.8, 4) is 0 Å². The van der Waals surface area contributed by atoms with E-state index in [9.17, 15) is 14.5 Å². The lowest BCUT2D eigenvalue weighted by molar-refractivity contribution is -0.384. The lowest BCUT2D eigenvalue weighted by Crippen LogP contribution is -2.10. The predicted molar refractivity (Wildman–Crippen MR) is 81.0 cm³/mol. The number of benzene rings is 2. The Balaban J connectivity index is 2.37. The van der Waals surface area contributed by atoms with Gasteiger partial charge in [-0.25, -0.2) is 4.39 Å².